The van der Waals surface area contributed by atoms with Gasteiger partial charge in [-0.05, 0) is 36.8 Å². The number of pyridine rings is 1. The molecular weight excluding hydrogens is 252 g/mol. The van der Waals surface area contributed by atoms with E-state index < -0.39 is 5.91 Å². The van der Waals surface area contributed by atoms with E-state index in [1.165, 1.54) is 0 Å². The lowest BCUT2D eigenvalue weighted by atomic mass is 10.2. The van der Waals surface area contributed by atoms with Crippen molar-refractivity contribution in [3.63, 3.8) is 0 Å². The van der Waals surface area contributed by atoms with Crippen molar-refractivity contribution in [1.82, 2.24) is 4.98 Å². The summed E-state index contributed by atoms with van der Waals surface area (Å²) in [5, 5.41) is 0. The number of benzene rings is 1. The first-order valence-corrected chi connectivity index (χ1v) is 6.30. The van der Waals surface area contributed by atoms with E-state index in [2.05, 4.69) is 4.98 Å². The van der Waals surface area contributed by atoms with Crippen molar-refractivity contribution in [3.05, 3.63) is 53.2 Å². The molecule has 0 aliphatic carbocycles. The van der Waals surface area contributed by atoms with Crippen LogP contribution in [0.1, 0.15) is 21.6 Å². The van der Waals surface area contributed by atoms with Gasteiger partial charge in [-0.3, -0.25) is 4.79 Å². The van der Waals surface area contributed by atoms with Crippen LogP contribution in [-0.2, 0) is 6.54 Å². The van der Waals surface area contributed by atoms with Crippen LogP contribution in [-0.4, -0.2) is 17.9 Å². The van der Waals surface area contributed by atoms with Gasteiger partial charge >= 0.3 is 0 Å². The standard InChI is InChI=1S/C15H18N4O/c1-10-6-12(15(17)20)8-14(18-10)19(2)9-11-4-3-5-13(16)7-11/h3-8H,9,16H2,1-2H3,(H2,17,20). The summed E-state index contributed by atoms with van der Waals surface area (Å²) in [6.07, 6.45) is 0. The van der Waals surface area contributed by atoms with Gasteiger partial charge in [0.25, 0.3) is 0 Å². The zero-order chi connectivity index (χ0) is 14.7. The number of aryl methyl sites for hydroxylation is 1. The average Bonchev–Trinajstić information content (AvgIpc) is 2.37. The number of carbonyl (C=O) groups is 1. The lowest BCUT2D eigenvalue weighted by Crippen LogP contribution is -2.20. The molecule has 1 amide bonds. The van der Waals surface area contributed by atoms with Gasteiger partial charge in [0.2, 0.25) is 5.91 Å². The van der Waals surface area contributed by atoms with Crippen LogP contribution < -0.4 is 16.4 Å². The highest BCUT2D eigenvalue weighted by atomic mass is 16.1. The molecule has 1 aromatic heterocycles. The highest BCUT2D eigenvalue weighted by Crippen LogP contribution is 2.17. The molecule has 104 valence electrons. The number of nitrogens with zero attached hydrogens (tertiary/aromatic N) is 2. The van der Waals surface area contributed by atoms with Crippen molar-refractivity contribution >= 4 is 17.4 Å². The fourth-order valence-corrected chi connectivity index (χ4v) is 2.04. The molecule has 2 aromatic rings. The molecule has 5 heteroatoms. The molecule has 0 saturated carbocycles. The Morgan fingerprint density at radius 1 is 1.30 bits per heavy atom. The van der Waals surface area contributed by atoms with Crippen LogP contribution in [0, 0.1) is 6.92 Å². The molecule has 0 radical (unpaired) electrons. The zero-order valence-corrected chi connectivity index (χ0v) is 11.6. The van der Waals surface area contributed by atoms with Crippen molar-refractivity contribution in [2.24, 2.45) is 5.73 Å². The second-order valence-corrected chi connectivity index (χ2v) is 4.82. The van der Waals surface area contributed by atoms with Gasteiger partial charge in [-0.15, -0.1) is 0 Å². The molecule has 5 nitrogen and oxygen atoms in total. The smallest absolute Gasteiger partial charge is 0.248 e. The zero-order valence-electron chi connectivity index (χ0n) is 11.6. The number of nitrogens with two attached hydrogens (primary N) is 2. The van der Waals surface area contributed by atoms with Crippen LogP contribution in [0.3, 0.4) is 0 Å². The topological polar surface area (TPSA) is 85.2 Å². The van der Waals surface area contributed by atoms with Crippen LogP contribution in [0.4, 0.5) is 11.5 Å². The molecule has 0 spiro atoms. The third kappa shape index (κ3) is 3.26. The third-order valence-electron chi connectivity index (χ3n) is 2.99. The maximum absolute atomic E-state index is 11.3. The predicted molar refractivity (Wildman–Crippen MR) is 80.5 cm³/mol. The maximum Gasteiger partial charge on any atom is 0.248 e. The van der Waals surface area contributed by atoms with Crippen LogP contribution >= 0.6 is 0 Å². The maximum atomic E-state index is 11.3. The highest BCUT2D eigenvalue weighted by Gasteiger charge is 2.09. The number of hydrogen-bond acceptors (Lipinski definition) is 4. The van der Waals surface area contributed by atoms with Gasteiger partial charge in [0.15, 0.2) is 0 Å². The Hall–Kier alpha value is -2.56. The van der Waals surface area contributed by atoms with E-state index in [1.807, 2.05) is 43.1 Å². The minimum absolute atomic E-state index is 0.450. The molecule has 0 fully saturated rings. The van der Waals surface area contributed by atoms with Gasteiger partial charge < -0.3 is 16.4 Å². The van der Waals surface area contributed by atoms with E-state index in [9.17, 15) is 4.79 Å². The first-order chi connectivity index (χ1) is 9.45. The normalized spacial score (nSPS) is 10.3. The number of nitrogen functional groups attached to an aromatic ring is 1. The average molecular weight is 270 g/mol. The lowest BCUT2D eigenvalue weighted by Gasteiger charge is -2.19. The molecule has 2 rings (SSSR count). The largest absolute Gasteiger partial charge is 0.399 e. The van der Waals surface area contributed by atoms with E-state index in [4.69, 9.17) is 11.5 Å². The summed E-state index contributed by atoms with van der Waals surface area (Å²) in [4.78, 5) is 17.7. The number of amides is 1. The molecule has 0 bridgehead atoms. The number of rotatable bonds is 4. The Morgan fingerprint density at radius 3 is 2.70 bits per heavy atom. The minimum Gasteiger partial charge on any atom is -0.399 e. The molecule has 1 aromatic carbocycles. The molecule has 0 aliphatic rings. The number of primary amides is 1. The Kier molecular flexibility index (Phi) is 3.89. The van der Waals surface area contributed by atoms with E-state index in [0.29, 0.717) is 17.9 Å². The first-order valence-electron chi connectivity index (χ1n) is 6.30. The SMILES string of the molecule is Cc1cc(C(N)=O)cc(N(C)Cc2cccc(N)c2)n1. The predicted octanol–water partition coefficient (Wildman–Crippen LogP) is 1.71. The summed E-state index contributed by atoms with van der Waals surface area (Å²) in [7, 11) is 1.91. The Morgan fingerprint density at radius 2 is 2.05 bits per heavy atom. The van der Waals surface area contributed by atoms with Gasteiger partial charge in [-0.25, -0.2) is 4.98 Å². The molecule has 0 aliphatic heterocycles. The van der Waals surface area contributed by atoms with Gasteiger partial charge in [0.1, 0.15) is 5.82 Å². The molecule has 0 unspecified atom stereocenters. The fraction of sp³-hybridized carbons (Fsp3) is 0.200. The minimum atomic E-state index is -0.450. The number of anilines is 2. The second kappa shape index (κ2) is 5.61. The summed E-state index contributed by atoms with van der Waals surface area (Å²) >= 11 is 0. The second-order valence-electron chi connectivity index (χ2n) is 4.82. The Bertz CT molecular complexity index is 640. The summed E-state index contributed by atoms with van der Waals surface area (Å²) in [6.45, 7) is 2.49. The molecule has 20 heavy (non-hydrogen) atoms. The number of carbonyl (C=O) groups excluding carboxylic acids is 1. The Labute approximate surface area is 118 Å². The van der Waals surface area contributed by atoms with Crippen LogP contribution in [0.25, 0.3) is 0 Å². The summed E-state index contributed by atoms with van der Waals surface area (Å²) < 4.78 is 0. The molecular formula is C15H18N4O. The molecule has 1 heterocycles. The molecule has 4 N–H and O–H groups in total. The van der Waals surface area contributed by atoms with Crippen LogP contribution in [0.2, 0.25) is 0 Å². The molecule has 0 atom stereocenters. The Balaban J connectivity index is 2.25. The van der Waals surface area contributed by atoms with Crippen molar-refractivity contribution < 1.29 is 4.79 Å². The fourth-order valence-electron chi connectivity index (χ4n) is 2.04. The van der Waals surface area contributed by atoms with Gasteiger partial charge in [0, 0.05) is 30.5 Å². The van der Waals surface area contributed by atoms with Crippen molar-refractivity contribution in [2.75, 3.05) is 17.7 Å². The summed E-state index contributed by atoms with van der Waals surface area (Å²) in [5.41, 5.74) is 14.1. The number of aromatic nitrogens is 1. The van der Waals surface area contributed by atoms with Crippen LogP contribution in [0.15, 0.2) is 36.4 Å². The quantitative estimate of drug-likeness (QED) is 0.828. The third-order valence-corrected chi connectivity index (χ3v) is 2.99. The van der Waals surface area contributed by atoms with Crippen molar-refractivity contribution in [1.29, 1.82) is 0 Å². The van der Waals surface area contributed by atoms with E-state index in [1.54, 1.807) is 12.1 Å². The highest BCUT2D eigenvalue weighted by molar-refractivity contribution is 5.93. The van der Waals surface area contributed by atoms with E-state index in [-0.39, 0.29) is 0 Å². The first kappa shape index (κ1) is 13.9. The van der Waals surface area contributed by atoms with Crippen LogP contribution in [0.5, 0.6) is 0 Å². The lowest BCUT2D eigenvalue weighted by molar-refractivity contribution is 0.1000. The van der Waals surface area contributed by atoms with E-state index in [0.717, 1.165) is 16.9 Å². The van der Waals surface area contributed by atoms with E-state index >= 15 is 0 Å². The van der Waals surface area contributed by atoms with Crippen molar-refractivity contribution in [2.45, 2.75) is 13.5 Å². The summed E-state index contributed by atoms with van der Waals surface area (Å²) in [5.74, 6) is 0.260. The van der Waals surface area contributed by atoms with Gasteiger partial charge in [0.05, 0.1) is 0 Å². The summed E-state index contributed by atoms with van der Waals surface area (Å²) in [6, 6.07) is 11.1. The van der Waals surface area contributed by atoms with Crippen molar-refractivity contribution in [3.8, 4) is 0 Å². The van der Waals surface area contributed by atoms with Gasteiger partial charge in [-0.1, -0.05) is 12.1 Å². The van der Waals surface area contributed by atoms with Gasteiger partial charge in [-0.2, -0.15) is 0 Å². The molecule has 0 saturated heterocycles. The monoisotopic (exact) mass is 270 g/mol. The number of hydrogen-bond donors (Lipinski definition) is 2.